The van der Waals surface area contributed by atoms with E-state index in [-0.39, 0.29) is 5.91 Å². The number of amides is 1. The SMILES string of the molecule is O=C1CC(CBr)CN1Cc1ccc2occc2c1. The zero-order valence-electron chi connectivity index (χ0n) is 9.93. The molecule has 1 amide bonds. The second kappa shape index (κ2) is 4.76. The molecule has 1 aromatic heterocycles. The van der Waals surface area contributed by atoms with Gasteiger partial charge in [0.05, 0.1) is 6.26 Å². The summed E-state index contributed by atoms with van der Waals surface area (Å²) in [6.45, 7) is 1.55. The summed E-state index contributed by atoms with van der Waals surface area (Å²) >= 11 is 3.45. The molecule has 0 N–H and O–H groups in total. The number of fused-ring (bicyclic) bond motifs is 1. The van der Waals surface area contributed by atoms with Gasteiger partial charge in [-0.15, -0.1) is 0 Å². The molecule has 2 aromatic rings. The fraction of sp³-hybridized carbons (Fsp3) is 0.357. The van der Waals surface area contributed by atoms with Crippen LogP contribution in [0, 0.1) is 5.92 Å². The Morgan fingerprint density at radius 3 is 3.06 bits per heavy atom. The zero-order chi connectivity index (χ0) is 12.5. The molecule has 18 heavy (non-hydrogen) atoms. The first kappa shape index (κ1) is 11.8. The normalized spacial score (nSPS) is 19.9. The maximum Gasteiger partial charge on any atom is 0.223 e. The quantitative estimate of drug-likeness (QED) is 0.816. The van der Waals surface area contributed by atoms with Crippen LogP contribution in [0.3, 0.4) is 0 Å². The van der Waals surface area contributed by atoms with Gasteiger partial charge in [0.2, 0.25) is 5.91 Å². The molecule has 0 bridgehead atoms. The molecule has 1 aliphatic rings. The Balaban J connectivity index is 1.77. The van der Waals surface area contributed by atoms with Crippen LogP contribution in [0.5, 0.6) is 0 Å². The van der Waals surface area contributed by atoms with Crippen LogP contribution in [0.1, 0.15) is 12.0 Å². The van der Waals surface area contributed by atoms with E-state index < -0.39 is 0 Å². The number of carbonyl (C=O) groups excluding carboxylic acids is 1. The van der Waals surface area contributed by atoms with Crippen molar-refractivity contribution in [3.8, 4) is 0 Å². The second-order valence-corrected chi connectivity index (χ2v) is 5.44. The Morgan fingerprint density at radius 2 is 2.28 bits per heavy atom. The first-order chi connectivity index (χ1) is 8.76. The Bertz CT molecular complexity index is 578. The lowest BCUT2D eigenvalue weighted by Gasteiger charge is -2.16. The topological polar surface area (TPSA) is 33.5 Å². The van der Waals surface area contributed by atoms with Gasteiger partial charge < -0.3 is 9.32 Å². The molecule has 3 rings (SSSR count). The van der Waals surface area contributed by atoms with Crippen LogP contribution < -0.4 is 0 Å². The van der Waals surface area contributed by atoms with Gasteiger partial charge in [-0.1, -0.05) is 22.0 Å². The van der Waals surface area contributed by atoms with E-state index in [4.69, 9.17) is 4.42 Å². The van der Waals surface area contributed by atoms with Gasteiger partial charge in [0, 0.05) is 30.2 Å². The zero-order valence-corrected chi connectivity index (χ0v) is 11.5. The molecule has 1 saturated heterocycles. The highest BCUT2D eigenvalue weighted by molar-refractivity contribution is 9.09. The van der Waals surface area contributed by atoms with Gasteiger partial charge in [-0.2, -0.15) is 0 Å². The number of hydrogen-bond acceptors (Lipinski definition) is 2. The van der Waals surface area contributed by atoms with Gasteiger partial charge in [0.15, 0.2) is 0 Å². The van der Waals surface area contributed by atoms with E-state index in [1.165, 1.54) is 0 Å². The average molecular weight is 308 g/mol. The lowest BCUT2D eigenvalue weighted by molar-refractivity contribution is -0.128. The minimum atomic E-state index is 0.256. The summed E-state index contributed by atoms with van der Waals surface area (Å²) in [6.07, 6.45) is 2.36. The highest BCUT2D eigenvalue weighted by Crippen LogP contribution is 2.23. The first-order valence-electron chi connectivity index (χ1n) is 6.06. The molecular formula is C14H14BrNO2. The molecule has 1 aliphatic heterocycles. The predicted octanol–water partition coefficient (Wildman–Crippen LogP) is 3.18. The van der Waals surface area contributed by atoms with Crippen molar-refractivity contribution >= 4 is 32.8 Å². The highest BCUT2D eigenvalue weighted by atomic mass is 79.9. The lowest BCUT2D eigenvalue weighted by atomic mass is 10.1. The maximum atomic E-state index is 11.8. The number of halogens is 1. The molecule has 0 saturated carbocycles. The van der Waals surface area contributed by atoms with E-state index in [2.05, 4.69) is 22.0 Å². The minimum Gasteiger partial charge on any atom is -0.464 e. The van der Waals surface area contributed by atoms with Crippen molar-refractivity contribution in [2.24, 2.45) is 5.92 Å². The fourth-order valence-corrected chi connectivity index (χ4v) is 2.88. The minimum absolute atomic E-state index is 0.256. The van der Waals surface area contributed by atoms with Crippen molar-refractivity contribution in [1.82, 2.24) is 4.90 Å². The molecule has 1 atom stereocenters. The van der Waals surface area contributed by atoms with Gasteiger partial charge in [-0.05, 0) is 29.7 Å². The molecule has 94 valence electrons. The van der Waals surface area contributed by atoms with Gasteiger partial charge in [-0.3, -0.25) is 4.79 Å². The summed E-state index contributed by atoms with van der Waals surface area (Å²) in [7, 11) is 0. The summed E-state index contributed by atoms with van der Waals surface area (Å²) in [5.74, 6) is 0.710. The van der Waals surface area contributed by atoms with Crippen LogP contribution in [0.2, 0.25) is 0 Å². The number of nitrogens with zero attached hydrogens (tertiary/aromatic N) is 1. The van der Waals surface area contributed by atoms with Crippen LogP contribution >= 0.6 is 15.9 Å². The van der Waals surface area contributed by atoms with Gasteiger partial charge in [0.25, 0.3) is 0 Å². The van der Waals surface area contributed by atoms with E-state index in [0.717, 1.165) is 28.4 Å². The molecule has 1 fully saturated rings. The summed E-state index contributed by atoms with van der Waals surface area (Å²) in [5, 5.41) is 1.99. The molecule has 2 heterocycles. The van der Waals surface area contributed by atoms with Crippen LogP contribution in [-0.4, -0.2) is 22.7 Å². The number of carbonyl (C=O) groups is 1. The smallest absolute Gasteiger partial charge is 0.223 e. The van der Waals surface area contributed by atoms with Crippen molar-refractivity contribution in [2.45, 2.75) is 13.0 Å². The van der Waals surface area contributed by atoms with Crippen molar-refractivity contribution in [2.75, 3.05) is 11.9 Å². The Labute approximate surface area is 114 Å². The Kier molecular flexibility index (Phi) is 3.12. The van der Waals surface area contributed by atoms with Crippen molar-refractivity contribution < 1.29 is 9.21 Å². The Hall–Kier alpha value is -1.29. The van der Waals surface area contributed by atoms with Crippen LogP contribution in [0.4, 0.5) is 0 Å². The third-order valence-electron chi connectivity index (χ3n) is 3.40. The van der Waals surface area contributed by atoms with E-state index >= 15 is 0 Å². The van der Waals surface area contributed by atoms with Crippen LogP contribution in [-0.2, 0) is 11.3 Å². The average Bonchev–Trinajstić information content (AvgIpc) is 2.96. The molecule has 1 aromatic carbocycles. The predicted molar refractivity (Wildman–Crippen MR) is 73.5 cm³/mol. The number of alkyl halides is 1. The van der Waals surface area contributed by atoms with Gasteiger partial charge >= 0.3 is 0 Å². The monoisotopic (exact) mass is 307 g/mol. The van der Waals surface area contributed by atoms with Crippen LogP contribution in [0.25, 0.3) is 11.0 Å². The summed E-state index contributed by atoms with van der Waals surface area (Å²) in [6, 6.07) is 8.03. The second-order valence-electron chi connectivity index (χ2n) is 4.79. The number of furan rings is 1. The number of benzene rings is 1. The van der Waals surface area contributed by atoms with Crippen molar-refractivity contribution in [3.63, 3.8) is 0 Å². The van der Waals surface area contributed by atoms with E-state index in [1.807, 2.05) is 23.1 Å². The molecule has 0 spiro atoms. The maximum absolute atomic E-state index is 11.8. The molecule has 1 unspecified atom stereocenters. The standard InChI is InChI=1S/C14H14BrNO2/c15-7-11-6-14(17)16(9-11)8-10-1-2-13-12(5-10)3-4-18-13/h1-5,11H,6-9H2. The summed E-state index contributed by atoms with van der Waals surface area (Å²) < 4.78 is 5.31. The van der Waals surface area contributed by atoms with Gasteiger partial charge in [0.1, 0.15) is 5.58 Å². The molecule has 4 heteroatoms. The third kappa shape index (κ3) is 2.17. The van der Waals surface area contributed by atoms with E-state index in [1.54, 1.807) is 6.26 Å². The number of hydrogen-bond donors (Lipinski definition) is 0. The van der Waals surface area contributed by atoms with E-state index in [9.17, 15) is 4.79 Å². The number of rotatable bonds is 3. The molecule has 0 aliphatic carbocycles. The van der Waals surface area contributed by atoms with Gasteiger partial charge in [-0.25, -0.2) is 0 Å². The lowest BCUT2D eigenvalue weighted by Crippen LogP contribution is -2.24. The molecule has 3 nitrogen and oxygen atoms in total. The fourth-order valence-electron chi connectivity index (χ4n) is 2.45. The highest BCUT2D eigenvalue weighted by Gasteiger charge is 2.28. The third-order valence-corrected chi connectivity index (χ3v) is 4.32. The van der Waals surface area contributed by atoms with Crippen molar-refractivity contribution in [3.05, 3.63) is 36.1 Å². The van der Waals surface area contributed by atoms with E-state index in [0.29, 0.717) is 18.9 Å². The Morgan fingerprint density at radius 1 is 1.39 bits per heavy atom. The van der Waals surface area contributed by atoms with Crippen molar-refractivity contribution in [1.29, 1.82) is 0 Å². The van der Waals surface area contributed by atoms with Crippen LogP contribution in [0.15, 0.2) is 34.9 Å². The number of likely N-dealkylation sites (tertiary alicyclic amines) is 1. The summed E-state index contributed by atoms with van der Waals surface area (Å²) in [4.78, 5) is 13.8. The molecule has 0 radical (unpaired) electrons. The summed E-state index contributed by atoms with van der Waals surface area (Å²) in [5.41, 5.74) is 2.05. The largest absolute Gasteiger partial charge is 0.464 e. The molecular weight excluding hydrogens is 294 g/mol. The first-order valence-corrected chi connectivity index (χ1v) is 7.18.